The van der Waals surface area contributed by atoms with Gasteiger partial charge in [-0.05, 0) is 82.2 Å². The zero-order valence-corrected chi connectivity index (χ0v) is 18.3. The fourth-order valence-corrected chi connectivity index (χ4v) is 3.05. The standard InChI is InChI=1S/C22H16BrClN2O5/c23-19-12-16(24)5-9-20(19)30-14-21(27)26-25-13-15-3-6-18(7-4-15)31-22(28)10-8-17-2-1-11-29-17/h1-13H,14H2,(H,26,27)/b10-8+,25-13?. The van der Waals surface area contributed by atoms with Crippen molar-refractivity contribution in [3.63, 3.8) is 0 Å². The van der Waals surface area contributed by atoms with Crippen LogP contribution in [0.2, 0.25) is 5.02 Å². The molecule has 158 valence electrons. The molecule has 0 saturated heterocycles. The molecule has 2 aromatic carbocycles. The number of carbonyl (C=O) groups excluding carboxylic acids is 2. The molecule has 0 aliphatic heterocycles. The molecule has 1 N–H and O–H groups in total. The van der Waals surface area contributed by atoms with E-state index in [-0.39, 0.29) is 6.61 Å². The molecule has 0 fully saturated rings. The van der Waals surface area contributed by atoms with Crippen molar-refractivity contribution in [1.29, 1.82) is 0 Å². The van der Waals surface area contributed by atoms with Gasteiger partial charge in [0.25, 0.3) is 5.91 Å². The zero-order valence-electron chi connectivity index (χ0n) is 16.0. The van der Waals surface area contributed by atoms with E-state index in [1.165, 1.54) is 24.6 Å². The van der Waals surface area contributed by atoms with Crippen molar-refractivity contribution in [3.05, 3.63) is 87.8 Å². The van der Waals surface area contributed by atoms with Crippen LogP contribution in [0.4, 0.5) is 0 Å². The Morgan fingerprint density at radius 3 is 2.68 bits per heavy atom. The zero-order chi connectivity index (χ0) is 22.1. The Morgan fingerprint density at radius 2 is 1.97 bits per heavy atom. The Bertz CT molecular complexity index is 1100. The highest BCUT2D eigenvalue weighted by atomic mass is 79.9. The van der Waals surface area contributed by atoms with Gasteiger partial charge in [-0.3, -0.25) is 4.79 Å². The van der Waals surface area contributed by atoms with Gasteiger partial charge < -0.3 is 13.9 Å². The molecule has 1 heterocycles. The molecule has 1 aromatic heterocycles. The van der Waals surface area contributed by atoms with Gasteiger partial charge in [0.1, 0.15) is 17.3 Å². The van der Waals surface area contributed by atoms with Crippen LogP contribution in [-0.2, 0) is 9.59 Å². The second-order valence-electron chi connectivity index (χ2n) is 6.00. The minimum absolute atomic E-state index is 0.210. The van der Waals surface area contributed by atoms with Crippen molar-refractivity contribution in [2.45, 2.75) is 0 Å². The van der Waals surface area contributed by atoms with E-state index in [4.69, 9.17) is 25.5 Å². The average molecular weight is 504 g/mol. The maximum absolute atomic E-state index is 11.8. The van der Waals surface area contributed by atoms with Crippen LogP contribution < -0.4 is 14.9 Å². The normalized spacial score (nSPS) is 11.0. The van der Waals surface area contributed by atoms with Crippen molar-refractivity contribution in [2.24, 2.45) is 5.10 Å². The number of carbonyl (C=O) groups is 2. The fraction of sp³-hybridized carbons (Fsp3) is 0.0455. The molecule has 1 amide bonds. The molecule has 31 heavy (non-hydrogen) atoms. The highest BCUT2D eigenvalue weighted by Gasteiger charge is 2.06. The SMILES string of the molecule is O=C(COc1ccc(Cl)cc1Br)NN=Cc1ccc(OC(=O)/C=C/c2ccco2)cc1. The largest absolute Gasteiger partial charge is 0.483 e. The molecule has 7 nitrogen and oxygen atoms in total. The molecule has 0 atom stereocenters. The summed E-state index contributed by atoms with van der Waals surface area (Å²) in [6, 6.07) is 15.0. The first kappa shape index (κ1) is 22.3. The molecule has 3 rings (SSSR count). The minimum Gasteiger partial charge on any atom is -0.483 e. The first-order valence-electron chi connectivity index (χ1n) is 8.93. The van der Waals surface area contributed by atoms with Gasteiger partial charge in [0.2, 0.25) is 0 Å². The highest BCUT2D eigenvalue weighted by molar-refractivity contribution is 9.10. The van der Waals surface area contributed by atoms with Crippen molar-refractivity contribution >= 4 is 51.7 Å². The lowest BCUT2D eigenvalue weighted by molar-refractivity contribution is -0.129. The van der Waals surface area contributed by atoms with Gasteiger partial charge in [0.05, 0.1) is 17.0 Å². The van der Waals surface area contributed by atoms with Crippen molar-refractivity contribution in [1.82, 2.24) is 5.43 Å². The summed E-state index contributed by atoms with van der Waals surface area (Å²) in [5.74, 6) is 0.464. The molecule has 0 bridgehead atoms. The molecule has 0 aliphatic rings. The summed E-state index contributed by atoms with van der Waals surface area (Å²) in [6.07, 6.45) is 5.76. The second-order valence-corrected chi connectivity index (χ2v) is 7.29. The van der Waals surface area contributed by atoms with Crippen LogP contribution in [0.5, 0.6) is 11.5 Å². The number of hydrogen-bond acceptors (Lipinski definition) is 6. The third-order valence-electron chi connectivity index (χ3n) is 3.68. The molecule has 0 aliphatic carbocycles. The van der Waals surface area contributed by atoms with Crippen LogP contribution in [-0.4, -0.2) is 24.7 Å². The highest BCUT2D eigenvalue weighted by Crippen LogP contribution is 2.27. The van der Waals surface area contributed by atoms with Crippen molar-refractivity contribution in [2.75, 3.05) is 6.61 Å². The molecule has 0 radical (unpaired) electrons. The number of amides is 1. The van der Waals surface area contributed by atoms with E-state index in [0.717, 1.165) is 0 Å². The Morgan fingerprint density at radius 1 is 1.16 bits per heavy atom. The molecular weight excluding hydrogens is 488 g/mol. The number of nitrogens with zero attached hydrogens (tertiary/aromatic N) is 1. The molecule has 0 saturated carbocycles. The molecule has 9 heteroatoms. The number of furan rings is 1. The first-order chi connectivity index (χ1) is 15.0. The van der Waals surface area contributed by atoms with Crippen LogP contribution in [0.15, 0.2) is 80.9 Å². The van der Waals surface area contributed by atoms with Crippen molar-refractivity contribution < 1.29 is 23.5 Å². The Balaban J connectivity index is 1.43. The smallest absolute Gasteiger partial charge is 0.336 e. The maximum Gasteiger partial charge on any atom is 0.336 e. The van der Waals surface area contributed by atoms with Crippen molar-refractivity contribution in [3.8, 4) is 11.5 Å². The topological polar surface area (TPSA) is 90.1 Å². The fourth-order valence-electron chi connectivity index (χ4n) is 2.26. The number of hydrazone groups is 1. The third kappa shape index (κ3) is 7.44. The van der Waals surface area contributed by atoms with Crippen LogP contribution in [0, 0.1) is 0 Å². The Labute approximate surface area is 191 Å². The van der Waals surface area contributed by atoms with Crippen LogP contribution >= 0.6 is 27.5 Å². The number of benzene rings is 2. The van der Waals surface area contributed by atoms with E-state index in [1.54, 1.807) is 54.6 Å². The number of rotatable bonds is 8. The van der Waals surface area contributed by atoms with Crippen LogP contribution in [0.3, 0.4) is 0 Å². The summed E-state index contributed by atoms with van der Waals surface area (Å²) in [5, 5.41) is 4.43. The summed E-state index contributed by atoms with van der Waals surface area (Å²) >= 11 is 9.17. The minimum atomic E-state index is -0.530. The van der Waals surface area contributed by atoms with E-state index < -0.39 is 11.9 Å². The third-order valence-corrected chi connectivity index (χ3v) is 4.54. The monoisotopic (exact) mass is 502 g/mol. The molecular formula is C22H16BrClN2O5. The summed E-state index contributed by atoms with van der Waals surface area (Å²) < 4.78 is 16.3. The van der Waals surface area contributed by atoms with E-state index in [1.807, 2.05) is 0 Å². The molecule has 3 aromatic rings. The number of hydrogen-bond donors (Lipinski definition) is 1. The lowest BCUT2D eigenvalue weighted by Crippen LogP contribution is -2.24. The maximum atomic E-state index is 11.8. The van der Waals surface area contributed by atoms with Gasteiger partial charge >= 0.3 is 5.97 Å². The van der Waals surface area contributed by atoms with E-state index >= 15 is 0 Å². The quantitative estimate of drug-likeness (QED) is 0.156. The summed E-state index contributed by atoms with van der Waals surface area (Å²) in [7, 11) is 0. The van der Waals surface area contributed by atoms with E-state index in [2.05, 4.69) is 26.5 Å². The van der Waals surface area contributed by atoms with Gasteiger partial charge in [-0.2, -0.15) is 5.10 Å². The number of esters is 1. The second kappa shape index (κ2) is 11.1. The number of halogens is 2. The number of nitrogens with one attached hydrogen (secondary N) is 1. The van der Waals surface area contributed by atoms with Gasteiger partial charge in [0, 0.05) is 11.1 Å². The van der Waals surface area contributed by atoms with E-state index in [0.29, 0.717) is 32.3 Å². The predicted molar refractivity (Wildman–Crippen MR) is 120 cm³/mol. The van der Waals surface area contributed by atoms with Gasteiger partial charge in [-0.15, -0.1) is 0 Å². The Kier molecular flexibility index (Phi) is 8.03. The average Bonchev–Trinajstić information content (AvgIpc) is 3.27. The van der Waals surface area contributed by atoms with Gasteiger partial charge in [-0.1, -0.05) is 11.6 Å². The summed E-state index contributed by atoms with van der Waals surface area (Å²) in [5.41, 5.74) is 3.07. The van der Waals surface area contributed by atoms with Gasteiger partial charge in [-0.25, -0.2) is 10.2 Å². The number of ether oxygens (including phenoxy) is 2. The van der Waals surface area contributed by atoms with Gasteiger partial charge in [0.15, 0.2) is 6.61 Å². The summed E-state index contributed by atoms with van der Waals surface area (Å²) in [6.45, 7) is -0.210. The Hall–Kier alpha value is -3.36. The molecule has 0 unspecified atom stereocenters. The van der Waals surface area contributed by atoms with E-state index in [9.17, 15) is 9.59 Å². The lowest BCUT2D eigenvalue weighted by atomic mass is 10.2. The first-order valence-corrected chi connectivity index (χ1v) is 10.1. The summed E-state index contributed by atoms with van der Waals surface area (Å²) in [4.78, 5) is 23.6. The lowest BCUT2D eigenvalue weighted by Gasteiger charge is -2.07. The van der Waals surface area contributed by atoms with Crippen LogP contribution in [0.1, 0.15) is 11.3 Å². The molecule has 0 spiro atoms. The predicted octanol–water partition coefficient (Wildman–Crippen LogP) is 4.84. The van der Waals surface area contributed by atoms with Crippen LogP contribution in [0.25, 0.3) is 6.08 Å².